The van der Waals surface area contributed by atoms with E-state index in [4.69, 9.17) is 4.74 Å². The fourth-order valence-electron chi connectivity index (χ4n) is 7.26. The maximum absolute atomic E-state index is 12.5. The van der Waals surface area contributed by atoms with Crippen molar-refractivity contribution in [3.63, 3.8) is 0 Å². The molecule has 0 N–H and O–H groups in total. The number of ketones is 1. The molecule has 6 atom stereocenters. The lowest BCUT2D eigenvalue weighted by Crippen LogP contribution is -2.36. The standard InChI is InChI=1S/C29H42O3/c1-17(2)18(3)7-8-19(4)25-12-13-26-23-9-10-24-21(22(23)15-16-29(25,26)6)11-14-27(31)28(24)32-20(5)30/h9-10,17-19,25-26,28H,7-8,11-16H2,1-6H3/t18-,19+,25+,26-,28+,29+/m0/s1. The van der Waals surface area contributed by atoms with Crippen LogP contribution in [-0.4, -0.2) is 11.8 Å². The lowest BCUT2D eigenvalue weighted by Gasteiger charge is -2.45. The van der Waals surface area contributed by atoms with Crippen LogP contribution in [0, 0.1) is 29.1 Å². The number of carbonyl (C=O) groups is 2. The molecule has 0 saturated heterocycles. The van der Waals surface area contributed by atoms with Crippen LogP contribution in [0.2, 0.25) is 0 Å². The predicted octanol–water partition coefficient (Wildman–Crippen LogP) is 6.96. The second-order valence-corrected chi connectivity index (χ2v) is 11.7. The summed E-state index contributed by atoms with van der Waals surface area (Å²) in [4.78, 5) is 24.1. The van der Waals surface area contributed by atoms with Gasteiger partial charge in [-0.2, -0.15) is 0 Å². The SMILES string of the molecule is CC(=O)O[C@H]1C(=O)CCc2c1ccc1c2CC[C@]2(C)[C@@H]([C@H](C)CC[C@H](C)C(C)C)CC[C@@H]12. The number of hydrogen-bond acceptors (Lipinski definition) is 3. The summed E-state index contributed by atoms with van der Waals surface area (Å²) >= 11 is 0. The third-order valence-corrected chi connectivity index (χ3v) is 9.58. The minimum Gasteiger partial charge on any atom is -0.450 e. The van der Waals surface area contributed by atoms with Crippen LogP contribution in [0.15, 0.2) is 12.1 Å². The second kappa shape index (κ2) is 8.95. The van der Waals surface area contributed by atoms with Crippen LogP contribution in [0.25, 0.3) is 0 Å². The molecule has 0 spiro atoms. The lowest BCUT2D eigenvalue weighted by atomic mass is 9.59. The first-order chi connectivity index (χ1) is 15.1. The molecule has 1 fully saturated rings. The molecule has 1 aromatic carbocycles. The van der Waals surface area contributed by atoms with E-state index in [2.05, 4.69) is 46.8 Å². The fraction of sp³-hybridized carbons (Fsp3) is 0.724. The number of Topliss-reactive ketones (excluding diaryl/α,β-unsaturated/α-hetero) is 1. The van der Waals surface area contributed by atoms with Gasteiger partial charge in [0.1, 0.15) is 0 Å². The average Bonchev–Trinajstić information content (AvgIpc) is 3.10. The molecule has 0 amide bonds. The van der Waals surface area contributed by atoms with Gasteiger partial charge in [-0.25, -0.2) is 0 Å². The van der Waals surface area contributed by atoms with Gasteiger partial charge in [-0.15, -0.1) is 0 Å². The van der Waals surface area contributed by atoms with E-state index >= 15 is 0 Å². The predicted molar refractivity (Wildman–Crippen MR) is 129 cm³/mol. The molecule has 0 aliphatic heterocycles. The van der Waals surface area contributed by atoms with E-state index in [0.29, 0.717) is 17.8 Å². The number of carbonyl (C=O) groups excluding carboxylic acids is 2. The number of ether oxygens (including phenoxy) is 1. The highest BCUT2D eigenvalue weighted by molar-refractivity contribution is 5.89. The first-order valence-electron chi connectivity index (χ1n) is 13.0. The minimum atomic E-state index is -0.700. The van der Waals surface area contributed by atoms with E-state index in [0.717, 1.165) is 42.1 Å². The Morgan fingerprint density at radius 2 is 1.72 bits per heavy atom. The molecule has 1 aromatic rings. The highest BCUT2D eigenvalue weighted by Crippen LogP contribution is 2.61. The molecular formula is C29H42O3. The molecule has 1 saturated carbocycles. The highest BCUT2D eigenvalue weighted by atomic mass is 16.5. The molecule has 0 heterocycles. The molecule has 3 heteroatoms. The highest BCUT2D eigenvalue weighted by Gasteiger charge is 2.51. The van der Waals surface area contributed by atoms with Crippen LogP contribution in [0.5, 0.6) is 0 Å². The molecule has 0 aromatic heterocycles. The Morgan fingerprint density at radius 1 is 1.03 bits per heavy atom. The van der Waals surface area contributed by atoms with Crippen LogP contribution in [0.1, 0.15) is 114 Å². The van der Waals surface area contributed by atoms with Crippen LogP contribution < -0.4 is 0 Å². The summed E-state index contributed by atoms with van der Waals surface area (Å²) < 4.78 is 5.45. The lowest BCUT2D eigenvalue weighted by molar-refractivity contribution is -0.154. The van der Waals surface area contributed by atoms with Crippen molar-refractivity contribution >= 4 is 11.8 Å². The van der Waals surface area contributed by atoms with Crippen molar-refractivity contribution in [3.05, 3.63) is 34.4 Å². The third-order valence-electron chi connectivity index (χ3n) is 9.58. The van der Waals surface area contributed by atoms with Crippen molar-refractivity contribution in [1.82, 2.24) is 0 Å². The summed E-state index contributed by atoms with van der Waals surface area (Å²) in [5.74, 6) is 3.43. The van der Waals surface area contributed by atoms with Gasteiger partial charge in [0.05, 0.1) is 0 Å². The maximum atomic E-state index is 12.5. The summed E-state index contributed by atoms with van der Waals surface area (Å²) in [6.07, 6.45) is 8.21. The maximum Gasteiger partial charge on any atom is 0.303 e. The largest absolute Gasteiger partial charge is 0.450 e. The van der Waals surface area contributed by atoms with Gasteiger partial charge in [0.2, 0.25) is 0 Å². The van der Waals surface area contributed by atoms with Crippen LogP contribution in [-0.2, 0) is 27.2 Å². The zero-order valence-electron chi connectivity index (χ0n) is 21.0. The van der Waals surface area contributed by atoms with E-state index in [-0.39, 0.29) is 11.8 Å². The van der Waals surface area contributed by atoms with E-state index in [9.17, 15) is 9.59 Å². The first-order valence-corrected chi connectivity index (χ1v) is 13.0. The number of hydrogen-bond donors (Lipinski definition) is 0. The Morgan fingerprint density at radius 3 is 2.41 bits per heavy atom. The van der Waals surface area contributed by atoms with E-state index in [1.54, 1.807) is 0 Å². The molecule has 32 heavy (non-hydrogen) atoms. The fourth-order valence-corrected chi connectivity index (χ4v) is 7.26. The molecule has 0 unspecified atom stereocenters. The molecule has 3 aliphatic rings. The summed E-state index contributed by atoms with van der Waals surface area (Å²) in [5, 5.41) is 0. The van der Waals surface area contributed by atoms with Crippen LogP contribution in [0.4, 0.5) is 0 Å². The van der Waals surface area contributed by atoms with Crippen molar-refractivity contribution in [2.75, 3.05) is 0 Å². The van der Waals surface area contributed by atoms with E-state index in [1.807, 2.05) is 0 Å². The Balaban J connectivity index is 1.58. The smallest absolute Gasteiger partial charge is 0.303 e. The average molecular weight is 439 g/mol. The number of fused-ring (bicyclic) bond motifs is 5. The summed E-state index contributed by atoms with van der Waals surface area (Å²) in [5.41, 5.74) is 5.62. The van der Waals surface area contributed by atoms with Gasteiger partial charge in [0.25, 0.3) is 0 Å². The zero-order valence-corrected chi connectivity index (χ0v) is 21.0. The molecule has 4 rings (SSSR count). The number of esters is 1. The first kappa shape index (κ1) is 23.5. The minimum absolute atomic E-state index is 0.0404. The Labute approximate surface area is 194 Å². The van der Waals surface area contributed by atoms with Crippen molar-refractivity contribution in [2.24, 2.45) is 29.1 Å². The normalized spacial score (nSPS) is 31.0. The number of benzene rings is 1. The van der Waals surface area contributed by atoms with Gasteiger partial charge in [0, 0.05) is 18.9 Å². The van der Waals surface area contributed by atoms with Crippen molar-refractivity contribution in [2.45, 2.75) is 105 Å². The van der Waals surface area contributed by atoms with Crippen molar-refractivity contribution < 1.29 is 14.3 Å². The van der Waals surface area contributed by atoms with Crippen LogP contribution in [0.3, 0.4) is 0 Å². The molecule has 176 valence electrons. The van der Waals surface area contributed by atoms with Crippen LogP contribution >= 0.6 is 0 Å². The zero-order chi connectivity index (χ0) is 23.2. The van der Waals surface area contributed by atoms with Crippen molar-refractivity contribution in [3.8, 4) is 0 Å². The molecule has 3 nitrogen and oxygen atoms in total. The Bertz CT molecular complexity index is 885. The van der Waals surface area contributed by atoms with Gasteiger partial charge in [-0.05, 0) is 83.8 Å². The van der Waals surface area contributed by atoms with Gasteiger partial charge in [-0.3, -0.25) is 9.59 Å². The Kier molecular flexibility index (Phi) is 6.58. The van der Waals surface area contributed by atoms with E-state index in [1.165, 1.54) is 55.7 Å². The van der Waals surface area contributed by atoms with Gasteiger partial charge < -0.3 is 4.74 Å². The summed E-state index contributed by atoms with van der Waals surface area (Å²) in [6.45, 7) is 13.6. The molecule has 0 radical (unpaired) electrons. The van der Waals surface area contributed by atoms with Crippen molar-refractivity contribution in [1.29, 1.82) is 0 Å². The summed E-state index contributed by atoms with van der Waals surface area (Å²) in [6, 6.07) is 4.38. The molecular weight excluding hydrogens is 396 g/mol. The van der Waals surface area contributed by atoms with Gasteiger partial charge in [-0.1, -0.05) is 59.6 Å². The second-order valence-electron chi connectivity index (χ2n) is 11.7. The van der Waals surface area contributed by atoms with Gasteiger partial charge >= 0.3 is 5.97 Å². The molecule has 3 aliphatic carbocycles. The third kappa shape index (κ3) is 4.05. The van der Waals surface area contributed by atoms with E-state index < -0.39 is 6.10 Å². The van der Waals surface area contributed by atoms with Gasteiger partial charge in [0.15, 0.2) is 11.9 Å². The summed E-state index contributed by atoms with van der Waals surface area (Å²) in [7, 11) is 0. The number of rotatable bonds is 6. The Hall–Kier alpha value is -1.64. The monoisotopic (exact) mass is 438 g/mol. The quantitative estimate of drug-likeness (QED) is 0.451. The topological polar surface area (TPSA) is 43.4 Å². The molecule has 0 bridgehead atoms.